The van der Waals surface area contributed by atoms with E-state index in [2.05, 4.69) is 21.2 Å². The summed E-state index contributed by atoms with van der Waals surface area (Å²) < 4.78 is 12.2. The zero-order valence-corrected chi connectivity index (χ0v) is 10.2. The van der Waals surface area contributed by atoms with Crippen LogP contribution in [0.15, 0.2) is 22.7 Å². The molecule has 0 saturated heterocycles. The lowest BCUT2D eigenvalue weighted by Crippen LogP contribution is -2.34. The minimum atomic E-state index is 0.110. The molecule has 1 aliphatic rings. The van der Waals surface area contributed by atoms with E-state index in [-0.39, 0.29) is 6.10 Å². The van der Waals surface area contributed by atoms with Crippen molar-refractivity contribution in [2.75, 3.05) is 25.1 Å². The highest BCUT2D eigenvalue weighted by molar-refractivity contribution is 9.10. The molecule has 0 spiro atoms. The predicted octanol–water partition coefficient (Wildman–Crippen LogP) is 2.66. The first-order valence-electron chi connectivity index (χ1n) is 5.07. The third kappa shape index (κ3) is 2.63. The van der Waals surface area contributed by atoms with Gasteiger partial charge in [-0.3, -0.25) is 0 Å². The van der Waals surface area contributed by atoms with Gasteiger partial charge in [-0.1, -0.05) is 15.9 Å². The normalized spacial score (nSPS) is 18.9. The predicted molar refractivity (Wildman–Crippen MR) is 63.5 cm³/mol. The summed E-state index contributed by atoms with van der Waals surface area (Å²) in [4.78, 5) is 0. The first kappa shape index (κ1) is 10.8. The van der Waals surface area contributed by atoms with Crippen molar-refractivity contribution in [2.45, 2.75) is 13.0 Å². The molecule has 0 aliphatic carbocycles. The van der Waals surface area contributed by atoms with Crippen LogP contribution in [0.25, 0.3) is 0 Å². The van der Waals surface area contributed by atoms with Crippen LogP contribution in [0, 0.1) is 0 Å². The van der Waals surface area contributed by atoms with Gasteiger partial charge in [0.25, 0.3) is 0 Å². The molecule has 0 radical (unpaired) electrons. The molecule has 1 aromatic carbocycles. The van der Waals surface area contributed by atoms with E-state index in [0.29, 0.717) is 6.61 Å². The average molecular weight is 272 g/mol. The fourth-order valence-electron chi connectivity index (χ4n) is 1.53. The molecule has 0 fully saturated rings. The third-order valence-corrected chi connectivity index (χ3v) is 2.76. The van der Waals surface area contributed by atoms with Gasteiger partial charge in [0, 0.05) is 11.1 Å². The monoisotopic (exact) mass is 271 g/mol. The van der Waals surface area contributed by atoms with Crippen molar-refractivity contribution >= 4 is 21.6 Å². The molecule has 15 heavy (non-hydrogen) atoms. The fourth-order valence-corrected chi connectivity index (χ4v) is 1.89. The van der Waals surface area contributed by atoms with Gasteiger partial charge >= 0.3 is 0 Å². The van der Waals surface area contributed by atoms with Crippen molar-refractivity contribution in [2.24, 2.45) is 0 Å². The Morgan fingerprint density at radius 1 is 1.60 bits per heavy atom. The van der Waals surface area contributed by atoms with Gasteiger partial charge in [0.2, 0.25) is 0 Å². The van der Waals surface area contributed by atoms with Crippen LogP contribution in [-0.4, -0.2) is 25.9 Å². The summed E-state index contributed by atoms with van der Waals surface area (Å²) in [6.45, 7) is 4.15. The van der Waals surface area contributed by atoms with Gasteiger partial charge in [0.15, 0.2) is 0 Å². The van der Waals surface area contributed by atoms with Crippen molar-refractivity contribution in [1.82, 2.24) is 0 Å². The van der Waals surface area contributed by atoms with Gasteiger partial charge < -0.3 is 14.8 Å². The molecule has 82 valence electrons. The molecule has 1 N–H and O–H groups in total. The molecule has 0 aromatic heterocycles. The summed E-state index contributed by atoms with van der Waals surface area (Å²) in [6, 6.07) is 5.96. The zero-order valence-electron chi connectivity index (χ0n) is 8.63. The average Bonchev–Trinajstić information content (AvgIpc) is 2.26. The van der Waals surface area contributed by atoms with Crippen molar-refractivity contribution in [3.05, 3.63) is 22.7 Å². The number of halogens is 1. The molecule has 0 bridgehead atoms. The minimum Gasteiger partial charge on any atom is -0.484 e. The molecule has 1 aromatic rings. The maximum Gasteiger partial charge on any atom is 0.143 e. The summed E-state index contributed by atoms with van der Waals surface area (Å²) in [5.41, 5.74) is 1.04. The van der Waals surface area contributed by atoms with E-state index in [0.717, 1.165) is 29.1 Å². The molecular weight excluding hydrogens is 258 g/mol. The van der Waals surface area contributed by atoms with Crippen LogP contribution in [-0.2, 0) is 4.74 Å². The third-order valence-electron chi connectivity index (χ3n) is 2.26. The molecule has 1 heterocycles. The SMILES string of the molecule is CCOCC1CNc2cc(Br)ccc2O1. The van der Waals surface area contributed by atoms with Crippen molar-refractivity contribution in [1.29, 1.82) is 0 Å². The molecule has 1 unspecified atom stereocenters. The van der Waals surface area contributed by atoms with Crippen LogP contribution in [0.3, 0.4) is 0 Å². The summed E-state index contributed by atoms with van der Waals surface area (Å²) in [7, 11) is 0. The standard InChI is InChI=1S/C11H14BrNO2/c1-2-14-7-9-6-13-10-5-8(12)3-4-11(10)15-9/h3-5,9,13H,2,6-7H2,1H3. The molecule has 0 saturated carbocycles. The van der Waals surface area contributed by atoms with E-state index in [1.807, 2.05) is 25.1 Å². The van der Waals surface area contributed by atoms with Gasteiger partial charge in [0.05, 0.1) is 18.8 Å². The van der Waals surface area contributed by atoms with Crippen molar-refractivity contribution < 1.29 is 9.47 Å². The lowest BCUT2D eigenvalue weighted by atomic mass is 10.2. The quantitative estimate of drug-likeness (QED) is 0.917. The molecule has 3 nitrogen and oxygen atoms in total. The van der Waals surface area contributed by atoms with Gasteiger partial charge in [0.1, 0.15) is 11.9 Å². The molecule has 4 heteroatoms. The second kappa shape index (κ2) is 4.86. The molecule has 1 atom stereocenters. The highest BCUT2D eigenvalue weighted by Gasteiger charge is 2.18. The fraction of sp³-hybridized carbons (Fsp3) is 0.455. The van der Waals surface area contributed by atoms with E-state index in [1.165, 1.54) is 0 Å². The van der Waals surface area contributed by atoms with Gasteiger partial charge in [-0.15, -0.1) is 0 Å². The Balaban J connectivity index is 2.03. The van der Waals surface area contributed by atoms with Crippen LogP contribution in [0.4, 0.5) is 5.69 Å². The summed E-state index contributed by atoms with van der Waals surface area (Å²) in [5.74, 6) is 0.897. The Morgan fingerprint density at radius 3 is 3.27 bits per heavy atom. The number of benzene rings is 1. The number of hydrogen-bond donors (Lipinski definition) is 1. The minimum absolute atomic E-state index is 0.110. The number of anilines is 1. The van der Waals surface area contributed by atoms with Gasteiger partial charge in [-0.05, 0) is 25.1 Å². The van der Waals surface area contributed by atoms with E-state index in [1.54, 1.807) is 0 Å². The second-order valence-electron chi connectivity index (χ2n) is 3.42. The topological polar surface area (TPSA) is 30.5 Å². The van der Waals surface area contributed by atoms with Crippen LogP contribution >= 0.6 is 15.9 Å². The van der Waals surface area contributed by atoms with Crippen LogP contribution in [0.5, 0.6) is 5.75 Å². The zero-order chi connectivity index (χ0) is 10.7. The first-order valence-corrected chi connectivity index (χ1v) is 5.86. The van der Waals surface area contributed by atoms with E-state index in [9.17, 15) is 0 Å². The molecule has 0 amide bonds. The van der Waals surface area contributed by atoms with E-state index >= 15 is 0 Å². The Morgan fingerprint density at radius 2 is 2.47 bits per heavy atom. The maximum atomic E-state index is 5.78. The first-order chi connectivity index (χ1) is 7.29. The van der Waals surface area contributed by atoms with Crippen LogP contribution < -0.4 is 10.1 Å². The highest BCUT2D eigenvalue weighted by Crippen LogP contribution is 2.31. The van der Waals surface area contributed by atoms with E-state index < -0.39 is 0 Å². The van der Waals surface area contributed by atoms with E-state index in [4.69, 9.17) is 9.47 Å². The lowest BCUT2D eigenvalue weighted by Gasteiger charge is -2.27. The number of rotatable bonds is 3. The number of nitrogens with one attached hydrogen (secondary N) is 1. The number of hydrogen-bond acceptors (Lipinski definition) is 3. The van der Waals surface area contributed by atoms with Crippen molar-refractivity contribution in [3.8, 4) is 5.75 Å². The Labute approximate surface area is 97.9 Å². The Bertz CT molecular complexity index is 343. The number of fused-ring (bicyclic) bond motifs is 1. The van der Waals surface area contributed by atoms with Gasteiger partial charge in [-0.2, -0.15) is 0 Å². The molecule has 2 rings (SSSR count). The van der Waals surface area contributed by atoms with Gasteiger partial charge in [-0.25, -0.2) is 0 Å². The largest absolute Gasteiger partial charge is 0.484 e. The highest BCUT2D eigenvalue weighted by atomic mass is 79.9. The summed E-state index contributed by atoms with van der Waals surface area (Å²) >= 11 is 3.43. The second-order valence-corrected chi connectivity index (χ2v) is 4.34. The lowest BCUT2D eigenvalue weighted by molar-refractivity contribution is 0.0599. The van der Waals surface area contributed by atoms with Crippen molar-refractivity contribution in [3.63, 3.8) is 0 Å². The maximum absolute atomic E-state index is 5.78. The smallest absolute Gasteiger partial charge is 0.143 e. The Kier molecular flexibility index (Phi) is 3.49. The van der Waals surface area contributed by atoms with Crippen LogP contribution in [0.1, 0.15) is 6.92 Å². The number of ether oxygens (including phenoxy) is 2. The molecule has 1 aliphatic heterocycles. The Hall–Kier alpha value is -0.740. The summed E-state index contributed by atoms with van der Waals surface area (Å²) in [5, 5.41) is 3.33. The van der Waals surface area contributed by atoms with Crippen LogP contribution in [0.2, 0.25) is 0 Å². The summed E-state index contributed by atoms with van der Waals surface area (Å²) in [6.07, 6.45) is 0.110. The molecular formula is C11H14BrNO2.